The summed E-state index contributed by atoms with van der Waals surface area (Å²) in [6, 6.07) is 3.25. The molecule has 1 aliphatic carbocycles. The highest BCUT2D eigenvalue weighted by atomic mass is 32.2. The smallest absolute Gasteiger partial charge is 0.250 e. The van der Waals surface area contributed by atoms with Gasteiger partial charge in [0, 0.05) is 16.2 Å². The van der Waals surface area contributed by atoms with E-state index in [0.29, 0.717) is 14.3 Å². The normalized spacial score (nSPS) is 24.5. The van der Waals surface area contributed by atoms with Gasteiger partial charge in [0.15, 0.2) is 0 Å². The van der Waals surface area contributed by atoms with Gasteiger partial charge in [-0.05, 0) is 31.2 Å². The Bertz CT molecular complexity index is 512. The number of thioether (sulfide) groups is 1. The fourth-order valence-corrected chi connectivity index (χ4v) is 5.92. The average Bonchev–Trinajstić information content (AvgIpc) is 2.88. The van der Waals surface area contributed by atoms with Crippen molar-refractivity contribution in [1.82, 2.24) is 4.72 Å². The van der Waals surface area contributed by atoms with Crippen LogP contribution >= 0.6 is 23.1 Å². The second kappa shape index (κ2) is 6.58. The zero-order valence-corrected chi connectivity index (χ0v) is 13.3. The first-order valence-corrected chi connectivity index (χ1v) is 9.90. The van der Waals surface area contributed by atoms with Crippen LogP contribution in [0.5, 0.6) is 0 Å². The number of rotatable bonds is 5. The summed E-state index contributed by atoms with van der Waals surface area (Å²) in [7, 11) is -3.45. The Morgan fingerprint density at radius 2 is 2.16 bits per heavy atom. The molecule has 19 heavy (non-hydrogen) atoms. The molecule has 7 heteroatoms. The van der Waals surface area contributed by atoms with Crippen LogP contribution in [-0.2, 0) is 16.6 Å². The van der Waals surface area contributed by atoms with Crippen molar-refractivity contribution in [3.8, 4) is 0 Å². The maximum atomic E-state index is 12.3. The summed E-state index contributed by atoms with van der Waals surface area (Å²) in [6.45, 7) is -0.114. The molecular weight excluding hydrogens is 302 g/mol. The lowest BCUT2D eigenvalue weighted by Crippen LogP contribution is -2.43. The van der Waals surface area contributed by atoms with E-state index in [0.717, 1.165) is 30.6 Å². The van der Waals surface area contributed by atoms with Crippen molar-refractivity contribution in [2.45, 2.75) is 47.8 Å². The summed E-state index contributed by atoms with van der Waals surface area (Å²) in [5.41, 5.74) is 0. The number of hydrogen-bond acceptors (Lipinski definition) is 5. The predicted octanol–water partition coefficient (Wildman–Crippen LogP) is 2.19. The summed E-state index contributed by atoms with van der Waals surface area (Å²) in [6.07, 6.45) is 6.27. The Morgan fingerprint density at radius 3 is 2.79 bits per heavy atom. The van der Waals surface area contributed by atoms with Gasteiger partial charge in [-0.3, -0.25) is 0 Å². The number of sulfonamides is 1. The van der Waals surface area contributed by atoms with Gasteiger partial charge >= 0.3 is 0 Å². The summed E-state index contributed by atoms with van der Waals surface area (Å²) in [5.74, 6) is 0. The molecular formula is C12H19NO3S3. The molecule has 0 saturated heterocycles. The van der Waals surface area contributed by atoms with Crippen LogP contribution in [0.1, 0.15) is 30.6 Å². The highest BCUT2D eigenvalue weighted by Crippen LogP contribution is 2.29. The third-order valence-electron chi connectivity index (χ3n) is 3.37. The molecule has 2 N–H and O–H groups in total. The fourth-order valence-electron chi connectivity index (χ4n) is 2.36. The van der Waals surface area contributed by atoms with E-state index in [4.69, 9.17) is 5.11 Å². The number of thiophene rings is 1. The predicted molar refractivity (Wildman–Crippen MR) is 80.1 cm³/mol. The van der Waals surface area contributed by atoms with Gasteiger partial charge in [-0.15, -0.1) is 11.3 Å². The molecule has 2 rings (SSSR count). The summed E-state index contributed by atoms with van der Waals surface area (Å²) < 4.78 is 27.7. The molecule has 0 aromatic carbocycles. The molecule has 1 aliphatic rings. The van der Waals surface area contributed by atoms with Crippen LogP contribution in [0.3, 0.4) is 0 Å². The van der Waals surface area contributed by atoms with E-state index in [1.807, 2.05) is 6.26 Å². The molecule has 2 atom stereocenters. The third kappa shape index (κ3) is 3.72. The molecule has 0 bridgehead atoms. The van der Waals surface area contributed by atoms with Gasteiger partial charge in [0.2, 0.25) is 10.0 Å². The van der Waals surface area contributed by atoms with E-state index in [1.165, 1.54) is 6.42 Å². The lowest BCUT2D eigenvalue weighted by molar-refractivity contribution is 0.285. The number of aliphatic hydroxyl groups excluding tert-OH is 1. The van der Waals surface area contributed by atoms with Crippen molar-refractivity contribution >= 4 is 33.1 Å². The van der Waals surface area contributed by atoms with Crippen molar-refractivity contribution < 1.29 is 13.5 Å². The Kier molecular flexibility index (Phi) is 5.30. The molecule has 0 aliphatic heterocycles. The van der Waals surface area contributed by atoms with Gasteiger partial charge < -0.3 is 5.11 Å². The molecule has 1 aromatic heterocycles. The number of aliphatic hydroxyl groups is 1. The van der Waals surface area contributed by atoms with Crippen molar-refractivity contribution in [1.29, 1.82) is 0 Å². The minimum atomic E-state index is -3.45. The SMILES string of the molecule is CSC1CCCCC1NS(=O)(=O)c1ccc(CO)s1. The molecule has 1 aromatic rings. The average molecular weight is 321 g/mol. The lowest BCUT2D eigenvalue weighted by Gasteiger charge is -2.30. The number of hydrogen-bond donors (Lipinski definition) is 2. The van der Waals surface area contributed by atoms with Crippen LogP contribution in [0.2, 0.25) is 0 Å². The van der Waals surface area contributed by atoms with Crippen LogP contribution < -0.4 is 4.72 Å². The van der Waals surface area contributed by atoms with Crippen molar-refractivity contribution in [2.24, 2.45) is 0 Å². The summed E-state index contributed by atoms with van der Waals surface area (Å²) in [4.78, 5) is 0.672. The van der Waals surface area contributed by atoms with Crippen molar-refractivity contribution in [2.75, 3.05) is 6.26 Å². The zero-order valence-electron chi connectivity index (χ0n) is 10.8. The van der Waals surface area contributed by atoms with E-state index in [2.05, 4.69) is 4.72 Å². The first-order valence-electron chi connectivity index (χ1n) is 6.31. The Balaban J connectivity index is 2.11. The largest absolute Gasteiger partial charge is 0.391 e. The topological polar surface area (TPSA) is 66.4 Å². The van der Waals surface area contributed by atoms with E-state index in [-0.39, 0.29) is 12.6 Å². The number of nitrogens with one attached hydrogen (secondary N) is 1. The highest BCUT2D eigenvalue weighted by Gasteiger charge is 2.29. The Morgan fingerprint density at radius 1 is 1.42 bits per heavy atom. The lowest BCUT2D eigenvalue weighted by atomic mass is 9.96. The van der Waals surface area contributed by atoms with Crippen LogP contribution in [-0.4, -0.2) is 31.1 Å². The zero-order chi connectivity index (χ0) is 13.9. The van der Waals surface area contributed by atoms with Crippen LogP contribution in [0.15, 0.2) is 16.3 Å². The quantitative estimate of drug-likeness (QED) is 0.872. The standard InChI is InChI=1S/C12H19NO3S3/c1-17-11-5-3-2-4-10(11)13-19(15,16)12-7-6-9(8-14)18-12/h6-7,10-11,13-14H,2-5,8H2,1H3. The molecule has 0 amide bonds. The third-order valence-corrected chi connectivity index (χ3v) is 7.59. The minimum absolute atomic E-state index is 0.0217. The minimum Gasteiger partial charge on any atom is -0.391 e. The van der Waals surface area contributed by atoms with E-state index >= 15 is 0 Å². The first-order chi connectivity index (χ1) is 9.06. The van der Waals surface area contributed by atoms with Gasteiger partial charge in [0.1, 0.15) is 4.21 Å². The maximum Gasteiger partial charge on any atom is 0.250 e. The van der Waals surface area contributed by atoms with Crippen LogP contribution in [0.4, 0.5) is 0 Å². The van der Waals surface area contributed by atoms with Crippen molar-refractivity contribution in [3.05, 3.63) is 17.0 Å². The molecule has 2 unspecified atom stereocenters. The second-order valence-corrected chi connectivity index (χ2v) is 8.85. The molecule has 0 radical (unpaired) electrons. The fraction of sp³-hybridized carbons (Fsp3) is 0.667. The first kappa shape index (κ1) is 15.3. The van der Waals surface area contributed by atoms with Crippen LogP contribution in [0.25, 0.3) is 0 Å². The Hall–Kier alpha value is -0.0800. The highest BCUT2D eigenvalue weighted by molar-refractivity contribution is 7.99. The van der Waals surface area contributed by atoms with Gasteiger partial charge in [0.05, 0.1) is 6.61 Å². The van der Waals surface area contributed by atoms with E-state index in [1.54, 1.807) is 23.9 Å². The summed E-state index contributed by atoms with van der Waals surface area (Å²) >= 11 is 2.87. The summed E-state index contributed by atoms with van der Waals surface area (Å²) in [5, 5.41) is 9.37. The molecule has 4 nitrogen and oxygen atoms in total. The van der Waals surface area contributed by atoms with Crippen molar-refractivity contribution in [3.63, 3.8) is 0 Å². The molecule has 1 fully saturated rings. The van der Waals surface area contributed by atoms with Gasteiger partial charge in [-0.1, -0.05) is 12.8 Å². The van der Waals surface area contributed by atoms with Gasteiger partial charge in [-0.25, -0.2) is 13.1 Å². The van der Waals surface area contributed by atoms with Crippen LogP contribution in [0, 0.1) is 0 Å². The molecule has 0 spiro atoms. The molecule has 1 heterocycles. The Labute approximate surface area is 122 Å². The van der Waals surface area contributed by atoms with E-state index in [9.17, 15) is 8.42 Å². The molecule has 108 valence electrons. The van der Waals surface area contributed by atoms with E-state index < -0.39 is 10.0 Å². The second-order valence-electron chi connectivity index (χ2n) is 4.67. The van der Waals surface area contributed by atoms with Gasteiger partial charge in [0.25, 0.3) is 0 Å². The molecule has 1 saturated carbocycles. The van der Waals surface area contributed by atoms with Gasteiger partial charge in [-0.2, -0.15) is 11.8 Å². The monoisotopic (exact) mass is 321 g/mol. The maximum absolute atomic E-state index is 12.3.